The zero-order chi connectivity index (χ0) is 13.7. The molecule has 1 aliphatic rings. The van der Waals surface area contributed by atoms with Crippen LogP contribution in [-0.4, -0.2) is 49.5 Å². The van der Waals surface area contributed by atoms with Gasteiger partial charge in [0.25, 0.3) is 5.69 Å². The maximum atomic E-state index is 10.9. The molecule has 2 rings (SSSR count). The number of aliphatic hydroxyl groups is 1. The summed E-state index contributed by atoms with van der Waals surface area (Å²) >= 11 is 0. The van der Waals surface area contributed by atoms with Gasteiger partial charge >= 0.3 is 0 Å². The van der Waals surface area contributed by atoms with Crippen LogP contribution in [0.2, 0.25) is 0 Å². The van der Waals surface area contributed by atoms with E-state index in [4.69, 9.17) is 9.84 Å². The van der Waals surface area contributed by atoms with Crippen molar-refractivity contribution < 1.29 is 14.8 Å². The molecule has 19 heavy (non-hydrogen) atoms. The topological polar surface area (TPSA) is 87.9 Å². The molecule has 0 aromatic heterocycles. The third-order valence-corrected chi connectivity index (χ3v) is 2.98. The van der Waals surface area contributed by atoms with Crippen molar-refractivity contribution in [1.82, 2.24) is 0 Å². The van der Waals surface area contributed by atoms with Crippen LogP contribution >= 0.6 is 0 Å². The van der Waals surface area contributed by atoms with Crippen molar-refractivity contribution in [3.8, 4) is 0 Å². The normalized spacial score (nSPS) is 15.3. The summed E-state index contributed by atoms with van der Waals surface area (Å²) in [5.41, 5.74) is 1.38. The van der Waals surface area contributed by atoms with E-state index in [1.54, 1.807) is 12.1 Å². The fourth-order valence-electron chi connectivity index (χ4n) is 2.03. The van der Waals surface area contributed by atoms with Crippen LogP contribution in [0.4, 0.5) is 17.1 Å². The van der Waals surface area contributed by atoms with Gasteiger partial charge in [0.2, 0.25) is 0 Å². The molecule has 1 fully saturated rings. The largest absolute Gasteiger partial charge is 0.395 e. The molecule has 0 radical (unpaired) electrons. The molecule has 0 atom stereocenters. The van der Waals surface area contributed by atoms with E-state index in [-0.39, 0.29) is 18.8 Å². The molecule has 0 saturated carbocycles. The van der Waals surface area contributed by atoms with Gasteiger partial charge in [0.15, 0.2) is 0 Å². The van der Waals surface area contributed by atoms with Crippen LogP contribution in [0.3, 0.4) is 0 Å². The van der Waals surface area contributed by atoms with Gasteiger partial charge in [0.05, 0.1) is 24.7 Å². The van der Waals surface area contributed by atoms with Gasteiger partial charge in [-0.25, -0.2) is 0 Å². The summed E-state index contributed by atoms with van der Waals surface area (Å²) in [6, 6.07) is 4.98. The Hall–Kier alpha value is -1.86. The van der Waals surface area contributed by atoms with Crippen LogP contribution < -0.4 is 10.2 Å². The van der Waals surface area contributed by atoms with Crippen molar-refractivity contribution in [2.45, 2.75) is 0 Å². The Morgan fingerprint density at radius 3 is 2.79 bits per heavy atom. The number of hydrogen-bond donors (Lipinski definition) is 2. The zero-order valence-electron chi connectivity index (χ0n) is 10.5. The lowest BCUT2D eigenvalue weighted by molar-refractivity contribution is -0.383. The lowest BCUT2D eigenvalue weighted by Gasteiger charge is -2.29. The molecule has 1 heterocycles. The monoisotopic (exact) mass is 267 g/mol. The number of nitrogens with one attached hydrogen (secondary N) is 1. The van der Waals surface area contributed by atoms with Crippen molar-refractivity contribution in [2.75, 3.05) is 49.7 Å². The summed E-state index contributed by atoms with van der Waals surface area (Å²) in [6.45, 7) is 3.09. The molecule has 1 saturated heterocycles. The first kappa shape index (κ1) is 13.6. The number of rotatable bonds is 5. The van der Waals surface area contributed by atoms with E-state index < -0.39 is 4.92 Å². The molecule has 1 aromatic rings. The highest BCUT2D eigenvalue weighted by molar-refractivity contribution is 5.69. The van der Waals surface area contributed by atoms with Crippen molar-refractivity contribution in [3.05, 3.63) is 28.3 Å². The number of nitro benzene ring substituents is 1. The maximum Gasteiger partial charge on any atom is 0.292 e. The summed E-state index contributed by atoms with van der Waals surface area (Å²) in [7, 11) is 0. The minimum Gasteiger partial charge on any atom is -0.395 e. The Labute approximate surface area is 110 Å². The number of aliphatic hydroxyl groups excluding tert-OH is 1. The number of hydrogen-bond acceptors (Lipinski definition) is 6. The first-order valence-electron chi connectivity index (χ1n) is 6.18. The van der Waals surface area contributed by atoms with Gasteiger partial charge in [-0.05, 0) is 12.1 Å². The molecule has 1 aliphatic heterocycles. The van der Waals surface area contributed by atoms with Crippen molar-refractivity contribution in [1.29, 1.82) is 0 Å². The molecule has 0 aliphatic carbocycles. The van der Waals surface area contributed by atoms with Crippen LogP contribution in [0.25, 0.3) is 0 Å². The van der Waals surface area contributed by atoms with Crippen LogP contribution in [0.5, 0.6) is 0 Å². The van der Waals surface area contributed by atoms with E-state index in [0.717, 1.165) is 18.8 Å². The molecule has 0 bridgehead atoms. The van der Waals surface area contributed by atoms with Gasteiger partial charge in [0, 0.05) is 31.4 Å². The molecule has 104 valence electrons. The number of morpholine rings is 1. The number of nitrogens with zero attached hydrogens (tertiary/aromatic N) is 2. The Kier molecular flexibility index (Phi) is 4.53. The van der Waals surface area contributed by atoms with Crippen LogP contribution in [0, 0.1) is 10.1 Å². The Balaban J connectivity index is 2.23. The van der Waals surface area contributed by atoms with E-state index >= 15 is 0 Å². The number of ether oxygens (including phenoxy) is 1. The van der Waals surface area contributed by atoms with E-state index in [1.165, 1.54) is 6.07 Å². The van der Waals surface area contributed by atoms with E-state index in [0.29, 0.717) is 18.9 Å². The number of benzene rings is 1. The average Bonchev–Trinajstić information content (AvgIpc) is 2.45. The molecule has 2 N–H and O–H groups in total. The third kappa shape index (κ3) is 3.33. The SMILES string of the molecule is O=[N+]([O-])c1ccc(N2CCOCC2)cc1NCCO. The second kappa shape index (κ2) is 6.35. The van der Waals surface area contributed by atoms with Gasteiger partial charge in [-0.1, -0.05) is 0 Å². The van der Waals surface area contributed by atoms with E-state index in [1.807, 2.05) is 0 Å². The molecule has 0 spiro atoms. The van der Waals surface area contributed by atoms with Crippen molar-refractivity contribution in [3.63, 3.8) is 0 Å². The zero-order valence-corrected chi connectivity index (χ0v) is 10.5. The first-order valence-corrected chi connectivity index (χ1v) is 6.18. The molecular weight excluding hydrogens is 250 g/mol. The number of nitro groups is 1. The van der Waals surface area contributed by atoms with Crippen LogP contribution in [0.1, 0.15) is 0 Å². The van der Waals surface area contributed by atoms with Crippen molar-refractivity contribution >= 4 is 17.1 Å². The lowest BCUT2D eigenvalue weighted by Crippen LogP contribution is -2.36. The highest BCUT2D eigenvalue weighted by Gasteiger charge is 2.17. The average molecular weight is 267 g/mol. The Morgan fingerprint density at radius 2 is 2.16 bits per heavy atom. The summed E-state index contributed by atoms with van der Waals surface area (Å²) in [4.78, 5) is 12.6. The fraction of sp³-hybridized carbons (Fsp3) is 0.500. The predicted molar refractivity (Wildman–Crippen MR) is 71.7 cm³/mol. The first-order chi connectivity index (χ1) is 9.22. The quantitative estimate of drug-likeness (QED) is 0.607. The molecule has 7 heteroatoms. The van der Waals surface area contributed by atoms with Gasteiger partial charge in [-0.3, -0.25) is 10.1 Å². The minimum absolute atomic E-state index is 0.0189. The molecule has 0 unspecified atom stereocenters. The molecule has 1 aromatic carbocycles. The van der Waals surface area contributed by atoms with Crippen LogP contribution in [-0.2, 0) is 4.74 Å². The lowest BCUT2D eigenvalue weighted by atomic mass is 10.2. The smallest absolute Gasteiger partial charge is 0.292 e. The Bertz CT molecular complexity index is 447. The second-order valence-corrected chi connectivity index (χ2v) is 4.21. The Morgan fingerprint density at radius 1 is 1.42 bits per heavy atom. The maximum absolute atomic E-state index is 10.9. The molecule has 7 nitrogen and oxygen atoms in total. The second-order valence-electron chi connectivity index (χ2n) is 4.21. The van der Waals surface area contributed by atoms with Crippen molar-refractivity contribution in [2.24, 2.45) is 0 Å². The summed E-state index contributed by atoms with van der Waals surface area (Å²) in [5, 5.41) is 22.6. The number of anilines is 2. The van der Waals surface area contributed by atoms with Gasteiger partial charge in [0.1, 0.15) is 5.69 Å². The molecule has 0 amide bonds. The third-order valence-electron chi connectivity index (χ3n) is 2.98. The van der Waals surface area contributed by atoms with E-state index in [9.17, 15) is 10.1 Å². The summed E-state index contributed by atoms with van der Waals surface area (Å²) in [6.07, 6.45) is 0. The predicted octanol–water partition coefficient (Wildman–Crippen LogP) is 0.836. The van der Waals surface area contributed by atoms with Gasteiger partial charge < -0.3 is 20.1 Å². The summed E-state index contributed by atoms with van der Waals surface area (Å²) < 4.78 is 5.28. The van der Waals surface area contributed by atoms with Crippen LogP contribution in [0.15, 0.2) is 18.2 Å². The van der Waals surface area contributed by atoms with Gasteiger partial charge in [-0.15, -0.1) is 0 Å². The standard InChI is InChI=1S/C12H17N3O4/c16-6-3-13-11-9-10(1-2-12(11)15(17)18)14-4-7-19-8-5-14/h1-2,9,13,16H,3-8H2. The van der Waals surface area contributed by atoms with E-state index in [2.05, 4.69) is 10.2 Å². The fourth-order valence-corrected chi connectivity index (χ4v) is 2.03. The highest BCUT2D eigenvalue weighted by atomic mass is 16.6. The summed E-state index contributed by atoms with van der Waals surface area (Å²) in [5.74, 6) is 0. The molecular formula is C12H17N3O4. The minimum atomic E-state index is -0.428. The van der Waals surface area contributed by atoms with Gasteiger partial charge in [-0.2, -0.15) is 0 Å². The highest BCUT2D eigenvalue weighted by Crippen LogP contribution is 2.29.